The third-order valence-electron chi connectivity index (χ3n) is 12.3. The van der Waals surface area contributed by atoms with Gasteiger partial charge in [0.1, 0.15) is 23.8 Å². The molecule has 3 aromatic carbocycles. The maximum absolute atomic E-state index is 16.4. The van der Waals surface area contributed by atoms with Gasteiger partial charge in [-0.05, 0) is 67.6 Å². The van der Waals surface area contributed by atoms with E-state index in [1.54, 1.807) is 37.6 Å². The second-order valence-corrected chi connectivity index (χ2v) is 17.4. The van der Waals surface area contributed by atoms with Gasteiger partial charge in [-0.1, -0.05) is 50.2 Å². The molecular weight excluding hydrogens is 794 g/mol. The average molecular weight is 842 g/mol. The minimum absolute atomic E-state index is 0.0798. The Labute approximate surface area is 355 Å². The summed E-state index contributed by atoms with van der Waals surface area (Å²) >= 11 is 0. The number of amides is 3. The Morgan fingerprint density at radius 3 is 2.58 bits per heavy atom. The van der Waals surface area contributed by atoms with Crippen LogP contribution < -0.4 is 21.2 Å². The van der Waals surface area contributed by atoms with Crippen LogP contribution >= 0.6 is 0 Å². The third kappa shape index (κ3) is 7.18. The van der Waals surface area contributed by atoms with Crippen LogP contribution in [0.2, 0.25) is 0 Å². The van der Waals surface area contributed by atoms with E-state index in [-0.39, 0.29) is 23.8 Å². The highest BCUT2D eigenvalue weighted by atomic mass is 19.1. The monoisotopic (exact) mass is 841 g/mol. The molecule has 7 aromatic rings. The first-order valence-electron chi connectivity index (χ1n) is 20.9. The largest absolute Gasteiger partial charge is 0.369 e. The highest BCUT2D eigenvalue weighted by molar-refractivity contribution is 6.12. The van der Waals surface area contributed by atoms with Gasteiger partial charge in [0.25, 0.3) is 11.7 Å². The number of rotatable bonds is 9. The van der Waals surface area contributed by atoms with Crippen LogP contribution in [0.4, 0.5) is 10.1 Å². The lowest BCUT2D eigenvalue weighted by molar-refractivity contribution is -0.135. The molecule has 0 saturated carbocycles. The fraction of sp³-hybridized carbons (Fsp3) is 0.378. The Bertz CT molecular complexity index is 2990. The van der Waals surface area contributed by atoms with Crippen molar-refractivity contribution in [2.75, 3.05) is 37.6 Å². The molecule has 0 bridgehead atoms. The molecule has 4 aromatic heterocycles. The second-order valence-electron chi connectivity index (χ2n) is 17.4. The minimum atomic E-state index is -0.721. The molecule has 0 radical (unpaired) electrons. The number of piperazine rings is 1. The summed E-state index contributed by atoms with van der Waals surface area (Å²) in [6.45, 7) is 13.3. The molecule has 320 valence electrons. The molecule has 2 fully saturated rings. The Hall–Kier alpha value is -6.75. The van der Waals surface area contributed by atoms with Crippen molar-refractivity contribution in [2.24, 2.45) is 7.05 Å². The normalized spacial score (nSPS) is 17.0. The Balaban J connectivity index is 0.883. The summed E-state index contributed by atoms with van der Waals surface area (Å²) in [5.41, 5.74) is 6.18. The highest BCUT2D eigenvalue weighted by Crippen LogP contribution is 2.37. The van der Waals surface area contributed by atoms with E-state index in [1.165, 1.54) is 10.9 Å². The predicted octanol–water partition coefficient (Wildman–Crippen LogP) is 5.39. The number of carbonyl (C=O) groups is 3. The summed E-state index contributed by atoms with van der Waals surface area (Å²) < 4.78 is 24.8. The SMILES string of the molecule is Cc1c(C(C)NC(=O)c2noc(C(C)(C)C)n2)ccc(-c2ncnc3[nH]c4cc(N5CCN(CCc6cccc7c6n(C)c(=O)n7C6CCC(=O)NC6=O)CC5)ccc4c23)c1F. The quantitative estimate of drug-likeness (QED) is 0.158. The van der Waals surface area contributed by atoms with E-state index in [4.69, 9.17) is 4.52 Å². The van der Waals surface area contributed by atoms with Crippen molar-refractivity contribution >= 4 is 56.4 Å². The average Bonchev–Trinajstić information content (AvgIpc) is 3.97. The number of nitrogens with zero attached hydrogens (tertiary/aromatic N) is 8. The van der Waals surface area contributed by atoms with E-state index in [0.29, 0.717) is 45.9 Å². The van der Waals surface area contributed by atoms with E-state index in [2.05, 4.69) is 57.7 Å². The molecule has 0 spiro atoms. The number of anilines is 1. The lowest BCUT2D eigenvalue weighted by Gasteiger charge is -2.36. The van der Waals surface area contributed by atoms with E-state index >= 15 is 4.39 Å². The minimum Gasteiger partial charge on any atom is -0.369 e. The fourth-order valence-electron chi connectivity index (χ4n) is 8.89. The number of benzene rings is 3. The molecule has 16 nitrogen and oxygen atoms in total. The summed E-state index contributed by atoms with van der Waals surface area (Å²) in [4.78, 5) is 72.4. The number of aryl methyl sites for hydroxylation is 1. The zero-order valence-electron chi connectivity index (χ0n) is 35.5. The number of halogens is 1. The number of imide groups is 1. The van der Waals surface area contributed by atoms with Crippen LogP contribution in [0.1, 0.15) is 85.8 Å². The third-order valence-corrected chi connectivity index (χ3v) is 12.3. The van der Waals surface area contributed by atoms with Crippen molar-refractivity contribution in [1.82, 2.24) is 49.8 Å². The number of aromatic amines is 1. The molecule has 17 heteroatoms. The van der Waals surface area contributed by atoms with Gasteiger partial charge in [0.15, 0.2) is 0 Å². The maximum Gasteiger partial charge on any atom is 0.329 e. The summed E-state index contributed by atoms with van der Waals surface area (Å²) in [6.07, 6.45) is 2.65. The zero-order chi connectivity index (χ0) is 43.6. The Kier molecular flexibility index (Phi) is 10.2. The van der Waals surface area contributed by atoms with Crippen molar-refractivity contribution in [3.8, 4) is 11.3 Å². The first-order valence-corrected chi connectivity index (χ1v) is 20.9. The lowest BCUT2D eigenvalue weighted by Crippen LogP contribution is -2.47. The van der Waals surface area contributed by atoms with Gasteiger partial charge in [-0.3, -0.25) is 33.7 Å². The van der Waals surface area contributed by atoms with Gasteiger partial charge >= 0.3 is 5.69 Å². The zero-order valence-corrected chi connectivity index (χ0v) is 35.5. The van der Waals surface area contributed by atoms with Crippen LogP contribution in [-0.4, -0.2) is 89.6 Å². The summed E-state index contributed by atoms with van der Waals surface area (Å²) in [5, 5.41) is 10.7. The number of imidazole rings is 1. The molecule has 2 unspecified atom stereocenters. The number of hydrogen-bond acceptors (Lipinski definition) is 11. The van der Waals surface area contributed by atoms with Crippen molar-refractivity contribution in [2.45, 2.75) is 71.4 Å². The summed E-state index contributed by atoms with van der Waals surface area (Å²) in [6, 6.07) is 14.3. The molecule has 3 N–H and O–H groups in total. The predicted molar refractivity (Wildman–Crippen MR) is 231 cm³/mol. The van der Waals surface area contributed by atoms with Gasteiger partial charge in [-0.15, -0.1) is 0 Å². The van der Waals surface area contributed by atoms with Crippen molar-refractivity contribution in [1.29, 1.82) is 0 Å². The number of hydrogen-bond donors (Lipinski definition) is 3. The van der Waals surface area contributed by atoms with Gasteiger partial charge in [0.2, 0.25) is 17.7 Å². The van der Waals surface area contributed by atoms with Gasteiger partial charge in [-0.2, -0.15) is 4.98 Å². The molecule has 2 saturated heterocycles. The standard InChI is InChI=1S/C45H48FN11O5/c1-24-28(25(2)49-42(60)40-52-43(62-53-40)45(3,4)5)12-13-30(36(24)46)37-35-29-11-10-27(22-31(29)50-39(35)48-23-47-37)56-20-18-55(19-21-56)17-16-26-8-7-9-32-38(26)54(6)44(61)57(32)33-14-15-34(58)51-41(33)59/h7-13,22-23,25,33H,14-21H2,1-6H3,(H,49,60)(H,47,48,50)(H,51,58,59). The maximum atomic E-state index is 16.4. The number of carbonyl (C=O) groups excluding carboxylic acids is 3. The molecule has 62 heavy (non-hydrogen) atoms. The van der Waals surface area contributed by atoms with Crippen LogP contribution in [0, 0.1) is 12.7 Å². The van der Waals surface area contributed by atoms with Crippen LogP contribution in [-0.2, 0) is 28.5 Å². The van der Waals surface area contributed by atoms with Crippen LogP contribution in [0.5, 0.6) is 0 Å². The van der Waals surface area contributed by atoms with Crippen LogP contribution in [0.3, 0.4) is 0 Å². The van der Waals surface area contributed by atoms with E-state index < -0.39 is 35.1 Å². The Morgan fingerprint density at radius 2 is 1.84 bits per heavy atom. The number of para-hydroxylation sites is 1. The highest BCUT2D eigenvalue weighted by Gasteiger charge is 2.32. The molecule has 6 heterocycles. The van der Waals surface area contributed by atoms with Gasteiger partial charge in [0.05, 0.1) is 28.2 Å². The van der Waals surface area contributed by atoms with Crippen molar-refractivity contribution in [3.63, 3.8) is 0 Å². The summed E-state index contributed by atoms with van der Waals surface area (Å²) in [5.74, 6) is -1.44. The van der Waals surface area contributed by atoms with E-state index in [1.807, 2.05) is 45.0 Å². The number of fused-ring (bicyclic) bond motifs is 4. The van der Waals surface area contributed by atoms with E-state index in [9.17, 15) is 19.2 Å². The molecular formula is C45H48FN11O5. The number of piperidine rings is 1. The molecule has 9 rings (SSSR count). The number of aromatic nitrogens is 7. The van der Waals surface area contributed by atoms with Crippen LogP contribution in [0.15, 0.2) is 64.2 Å². The van der Waals surface area contributed by atoms with Gasteiger partial charge in [0, 0.05) is 73.8 Å². The molecule has 0 aliphatic carbocycles. The second kappa shape index (κ2) is 15.6. The number of H-pyrrole nitrogens is 1. The number of nitrogens with one attached hydrogen (secondary N) is 3. The lowest BCUT2D eigenvalue weighted by atomic mass is 9.96. The molecule has 2 atom stereocenters. The first-order chi connectivity index (χ1) is 29.7. The topological polar surface area (TPSA) is 189 Å². The molecule has 2 aliphatic heterocycles. The first kappa shape index (κ1) is 40.6. The van der Waals surface area contributed by atoms with E-state index in [0.717, 1.165) is 72.2 Å². The smallest absolute Gasteiger partial charge is 0.329 e. The Morgan fingerprint density at radius 1 is 1.05 bits per heavy atom. The van der Waals surface area contributed by atoms with Crippen molar-refractivity contribution in [3.05, 3.63) is 99.6 Å². The van der Waals surface area contributed by atoms with Gasteiger partial charge in [-0.25, -0.2) is 19.2 Å². The van der Waals surface area contributed by atoms with Crippen molar-refractivity contribution < 1.29 is 23.3 Å². The van der Waals surface area contributed by atoms with Gasteiger partial charge < -0.3 is 19.7 Å². The fourth-order valence-corrected chi connectivity index (χ4v) is 8.89. The molecule has 3 amide bonds. The summed E-state index contributed by atoms with van der Waals surface area (Å²) in [7, 11) is 1.73. The van der Waals surface area contributed by atoms with Crippen LogP contribution in [0.25, 0.3) is 44.2 Å². The molecule has 2 aliphatic rings.